The molecule has 1 aromatic heterocycles. The van der Waals surface area contributed by atoms with E-state index in [-0.39, 0.29) is 0 Å². The number of halogens is 1. The molecule has 0 aliphatic heterocycles. The Kier molecular flexibility index (Phi) is 4.63. The van der Waals surface area contributed by atoms with Gasteiger partial charge in [-0.25, -0.2) is 4.98 Å². The summed E-state index contributed by atoms with van der Waals surface area (Å²) >= 11 is 6.06. The molecule has 4 heteroatoms. The smallest absolute Gasteiger partial charge is 0.144 e. The molecule has 3 nitrogen and oxygen atoms in total. The van der Waals surface area contributed by atoms with Crippen LogP contribution in [0.2, 0.25) is 5.02 Å². The number of hydrogen-bond acceptors (Lipinski definition) is 3. The summed E-state index contributed by atoms with van der Waals surface area (Å²) in [6.07, 6.45) is 6.93. The topological polar surface area (TPSA) is 50.9 Å². The number of nitrogens with zero attached hydrogens (tertiary/aromatic N) is 1. The van der Waals surface area contributed by atoms with Gasteiger partial charge in [-0.3, -0.25) is 0 Å². The number of nitrogens with two attached hydrogens (primary N) is 1. The van der Waals surface area contributed by atoms with Crippen LogP contribution in [0.25, 0.3) is 0 Å². The van der Waals surface area contributed by atoms with Crippen molar-refractivity contribution in [2.45, 2.75) is 25.7 Å². The molecule has 17 heavy (non-hydrogen) atoms. The first kappa shape index (κ1) is 12.7. The Morgan fingerprint density at radius 3 is 2.82 bits per heavy atom. The fraction of sp³-hybridized carbons (Fsp3) is 0.615. The zero-order chi connectivity index (χ0) is 12.1. The van der Waals surface area contributed by atoms with Gasteiger partial charge in [-0.05, 0) is 43.4 Å². The molecule has 1 fully saturated rings. The fourth-order valence-corrected chi connectivity index (χ4v) is 2.80. The van der Waals surface area contributed by atoms with E-state index < -0.39 is 0 Å². The molecule has 0 amide bonds. The van der Waals surface area contributed by atoms with Crippen LogP contribution in [0.15, 0.2) is 18.3 Å². The van der Waals surface area contributed by atoms with Crippen molar-refractivity contribution in [2.75, 3.05) is 18.4 Å². The zero-order valence-electron chi connectivity index (χ0n) is 10.0. The normalized spacial score (nSPS) is 24.6. The van der Waals surface area contributed by atoms with Crippen molar-refractivity contribution in [3.63, 3.8) is 0 Å². The summed E-state index contributed by atoms with van der Waals surface area (Å²) in [5.41, 5.74) is 5.82. The lowest BCUT2D eigenvalue weighted by molar-refractivity contribution is 0.255. The van der Waals surface area contributed by atoms with E-state index in [0.717, 1.165) is 18.9 Å². The van der Waals surface area contributed by atoms with E-state index in [1.807, 2.05) is 12.1 Å². The van der Waals surface area contributed by atoms with Crippen LogP contribution in [0.3, 0.4) is 0 Å². The standard InChI is InChI=1S/C13H20ClN3/c14-12-6-3-7-16-13(12)17-9-11-5-2-1-4-10(11)8-15/h3,6-7,10-11H,1-2,4-5,8-9,15H2,(H,16,17). The van der Waals surface area contributed by atoms with Gasteiger partial charge < -0.3 is 11.1 Å². The number of nitrogens with one attached hydrogen (secondary N) is 1. The zero-order valence-corrected chi connectivity index (χ0v) is 10.8. The molecule has 0 aromatic carbocycles. The Labute approximate surface area is 108 Å². The first-order valence-corrected chi connectivity index (χ1v) is 6.73. The van der Waals surface area contributed by atoms with Crippen molar-refractivity contribution < 1.29 is 0 Å². The van der Waals surface area contributed by atoms with Gasteiger partial charge in [-0.2, -0.15) is 0 Å². The van der Waals surface area contributed by atoms with E-state index in [1.54, 1.807) is 6.20 Å². The second-order valence-electron chi connectivity index (χ2n) is 4.76. The Morgan fingerprint density at radius 1 is 1.35 bits per heavy atom. The molecule has 2 atom stereocenters. The minimum absolute atomic E-state index is 0.652. The minimum Gasteiger partial charge on any atom is -0.369 e. The molecule has 1 heterocycles. The Balaban J connectivity index is 1.90. The van der Waals surface area contributed by atoms with Crippen molar-refractivity contribution in [1.29, 1.82) is 0 Å². The highest BCUT2D eigenvalue weighted by atomic mass is 35.5. The van der Waals surface area contributed by atoms with E-state index in [4.69, 9.17) is 17.3 Å². The first-order valence-electron chi connectivity index (χ1n) is 6.35. The second kappa shape index (κ2) is 6.22. The van der Waals surface area contributed by atoms with Crippen LogP contribution in [0.4, 0.5) is 5.82 Å². The van der Waals surface area contributed by atoms with Crippen molar-refractivity contribution in [1.82, 2.24) is 4.98 Å². The molecule has 94 valence electrons. The second-order valence-corrected chi connectivity index (χ2v) is 5.16. The summed E-state index contributed by atoms with van der Waals surface area (Å²) in [5.74, 6) is 2.10. The maximum absolute atomic E-state index is 6.06. The highest BCUT2D eigenvalue weighted by Crippen LogP contribution is 2.29. The molecule has 1 aliphatic rings. The molecular weight excluding hydrogens is 234 g/mol. The Bertz CT molecular complexity index is 356. The predicted molar refractivity (Wildman–Crippen MR) is 72.2 cm³/mol. The van der Waals surface area contributed by atoms with Gasteiger partial charge in [-0.15, -0.1) is 0 Å². The SMILES string of the molecule is NCC1CCCCC1CNc1ncccc1Cl. The van der Waals surface area contributed by atoms with Gasteiger partial charge in [0.05, 0.1) is 5.02 Å². The van der Waals surface area contributed by atoms with E-state index in [1.165, 1.54) is 25.7 Å². The summed E-state index contributed by atoms with van der Waals surface area (Å²) in [5, 5.41) is 4.04. The highest BCUT2D eigenvalue weighted by Gasteiger charge is 2.23. The third kappa shape index (κ3) is 3.33. The molecule has 0 radical (unpaired) electrons. The van der Waals surface area contributed by atoms with Crippen LogP contribution < -0.4 is 11.1 Å². The van der Waals surface area contributed by atoms with E-state index in [0.29, 0.717) is 16.9 Å². The fourth-order valence-electron chi connectivity index (χ4n) is 2.61. The van der Waals surface area contributed by atoms with Crippen LogP contribution >= 0.6 is 11.6 Å². The summed E-state index contributed by atoms with van der Waals surface area (Å²) in [4.78, 5) is 4.24. The molecule has 0 spiro atoms. The van der Waals surface area contributed by atoms with Crippen LogP contribution in [0.5, 0.6) is 0 Å². The average Bonchev–Trinajstić information content (AvgIpc) is 2.38. The van der Waals surface area contributed by atoms with Gasteiger partial charge in [-0.1, -0.05) is 24.4 Å². The van der Waals surface area contributed by atoms with Crippen molar-refractivity contribution in [3.8, 4) is 0 Å². The molecule has 2 rings (SSSR count). The van der Waals surface area contributed by atoms with E-state index in [2.05, 4.69) is 10.3 Å². The quantitative estimate of drug-likeness (QED) is 0.868. The number of rotatable bonds is 4. The monoisotopic (exact) mass is 253 g/mol. The average molecular weight is 254 g/mol. The van der Waals surface area contributed by atoms with Gasteiger partial charge in [0, 0.05) is 12.7 Å². The summed E-state index contributed by atoms with van der Waals surface area (Å²) in [7, 11) is 0. The van der Waals surface area contributed by atoms with Crippen LogP contribution in [-0.4, -0.2) is 18.1 Å². The van der Waals surface area contributed by atoms with Gasteiger partial charge in [0.15, 0.2) is 0 Å². The molecule has 1 aliphatic carbocycles. The van der Waals surface area contributed by atoms with Crippen molar-refractivity contribution >= 4 is 17.4 Å². The summed E-state index contributed by atoms with van der Waals surface area (Å²) in [6.45, 7) is 1.72. The number of hydrogen-bond donors (Lipinski definition) is 2. The van der Waals surface area contributed by atoms with E-state index >= 15 is 0 Å². The third-order valence-corrected chi connectivity index (χ3v) is 3.96. The predicted octanol–water partition coefficient (Wildman–Crippen LogP) is 2.91. The lowest BCUT2D eigenvalue weighted by atomic mass is 9.79. The largest absolute Gasteiger partial charge is 0.369 e. The molecule has 0 saturated heterocycles. The van der Waals surface area contributed by atoms with Crippen LogP contribution in [0.1, 0.15) is 25.7 Å². The van der Waals surface area contributed by atoms with Gasteiger partial charge in [0.2, 0.25) is 0 Å². The minimum atomic E-state index is 0.652. The number of pyridine rings is 1. The first-order chi connectivity index (χ1) is 8.31. The van der Waals surface area contributed by atoms with Gasteiger partial charge >= 0.3 is 0 Å². The van der Waals surface area contributed by atoms with Gasteiger partial charge in [0.1, 0.15) is 5.82 Å². The number of anilines is 1. The lowest BCUT2D eigenvalue weighted by Crippen LogP contribution is -2.31. The van der Waals surface area contributed by atoms with Gasteiger partial charge in [0.25, 0.3) is 0 Å². The molecule has 1 aromatic rings. The van der Waals surface area contributed by atoms with Crippen molar-refractivity contribution in [2.24, 2.45) is 17.6 Å². The molecule has 3 N–H and O–H groups in total. The highest BCUT2D eigenvalue weighted by molar-refractivity contribution is 6.32. The molecular formula is C13H20ClN3. The molecule has 0 bridgehead atoms. The maximum atomic E-state index is 6.06. The van der Waals surface area contributed by atoms with Crippen molar-refractivity contribution in [3.05, 3.63) is 23.4 Å². The lowest BCUT2D eigenvalue weighted by Gasteiger charge is -2.30. The molecule has 2 unspecified atom stereocenters. The van der Waals surface area contributed by atoms with Crippen LogP contribution in [0, 0.1) is 11.8 Å². The third-order valence-electron chi connectivity index (χ3n) is 3.66. The van der Waals surface area contributed by atoms with E-state index in [9.17, 15) is 0 Å². The Hall–Kier alpha value is -0.800. The number of aromatic nitrogens is 1. The Morgan fingerprint density at radius 2 is 2.12 bits per heavy atom. The maximum Gasteiger partial charge on any atom is 0.144 e. The summed E-state index contributed by atoms with van der Waals surface area (Å²) < 4.78 is 0. The molecule has 1 saturated carbocycles. The summed E-state index contributed by atoms with van der Waals surface area (Å²) in [6, 6.07) is 3.70. The van der Waals surface area contributed by atoms with Crippen LogP contribution in [-0.2, 0) is 0 Å².